The molecule has 0 aliphatic carbocycles. The molecule has 35 heavy (non-hydrogen) atoms. The van der Waals surface area contributed by atoms with Gasteiger partial charge in [0, 0.05) is 11.9 Å². The van der Waals surface area contributed by atoms with Crippen LogP contribution in [0.5, 0.6) is 5.75 Å². The van der Waals surface area contributed by atoms with E-state index in [4.69, 9.17) is 9.84 Å². The molecule has 0 saturated heterocycles. The highest BCUT2D eigenvalue weighted by Gasteiger charge is 2.12. The Balaban J connectivity index is 1.51. The van der Waals surface area contributed by atoms with Gasteiger partial charge >= 0.3 is 5.97 Å². The van der Waals surface area contributed by atoms with E-state index in [0.717, 1.165) is 16.3 Å². The monoisotopic (exact) mass is 469 g/mol. The lowest BCUT2D eigenvalue weighted by Crippen LogP contribution is -2.29. The molecular weight excluding hydrogens is 445 g/mol. The number of carboxylic acid groups (broad SMARTS) is 1. The lowest BCUT2D eigenvalue weighted by Gasteiger charge is -2.13. The van der Waals surface area contributed by atoms with E-state index in [1.54, 1.807) is 30.3 Å². The maximum absolute atomic E-state index is 13.1. The number of fused-ring (bicyclic) bond motifs is 1. The highest BCUT2D eigenvalue weighted by atomic mass is 19.1. The fourth-order valence-corrected chi connectivity index (χ4v) is 3.66. The molecule has 6 heteroatoms. The first kappa shape index (κ1) is 23.7. The first-order valence-corrected chi connectivity index (χ1v) is 11.2. The van der Waals surface area contributed by atoms with E-state index in [9.17, 15) is 14.0 Å². The molecule has 4 aromatic carbocycles. The summed E-state index contributed by atoms with van der Waals surface area (Å²) in [6.07, 6.45) is 2.24. The molecule has 0 atom stereocenters. The molecule has 0 fully saturated rings. The predicted octanol–water partition coefficient (Wildman–Crippen LogP) is 5.50. The van der Waals surface area contributed by atoms with Crippen molar-refractivity contribution in [1.82, 2.24) is 5.32 Å². The van der Waals surface area contributed by atoms with Crippen molar-refractivity contribution in [3.8, 4) is 5.75 Å². The van der Waals surface area contributed by atoms with Gasteiger partial charge in [0.1, 0.15) is 18.2 Å². The number of rotatable bonds is 9. The number of carboxylic acids is 1. The predicted molar refractivity (Wildman–Crippen MR) is 134 cm³/mol. The van der Waals surface area contributed by atoms with E-state index >= 15 is 0 Å². The summed E-state index contributed by atoms with van der Waals surface area (Å²) in [5.41, 5.74) is 2.15. The van der Waals surface area contributed by atoms with Crippen LogP contribution >= 0.6 is 0 Å². The average Bonchev–Trinajstić information content (AvgIpc) is 2.88. The van der Waals surface area contributed by atoms with Gasteiger partial charge in [0.25, 0.3) is 5.91 Å². The molecule has 0 heterocycles. The summed E-state index contributed by atoms with van der Waals surface area (Å²) in [6.45, 7) is 0.394. The molecule has 0 radical (unpaired) electrons. The fourth-order valence-electron chi connectivity index (χ4n) is 3.66. The van der Waals surface area contributed by atoms with Crippen LogP contribution in [0.15, 0.2) is 96.6 Å². The topological polar surface area (TPSA) is 75.6 Å². The molecule has 2 N–H and O–H groups in total. The van der Waals surface area contributed by atoms with Gasteiger partial charge in [0.15, 0.2) is 0 Å². The Morgan fingerprint density at radius 3 is 2.34 bits per heavy atom. The van der Waals surface area contributed by atoms with E-state index in [1.165, 1.54) is 24.3 Å². The van der Waals surface area contributed by atoms with Crippen LogP contribution in [0.4, 0.5) is 4.39 Å². The van der Waals surface area contributed by atoms with Crippen molar-refractivity contribution in [2.75, 3.05) is 13.2 Å². The SMILES string of the molecule is O=C(NCCc1ccc(F)cc1)/C(=C/c1ccc(C(=O)O)cc1)COc1cccc2ccccc12. The summed E-state index contributed by atoms with van der Waals surface area (Å²) >= 11 is 0. The molecule has 0 spiro atoms. The molecule has 0 unspecified atom stereocenters. The third-order valence-electron chi connectivity index (χ3n) is 5.54. The summed E-state index contributed by atoms with van der Waals surface area (Å²) in [4.78, 5) is 24.2. The number of halogens is 1. The Hall–Kier alpha value is -4.45. The number of amides is 1. The third-order valence-corrected chi connectivity index (χ3v) is 5.54. The Labute approximate surface area is 202 Å². The molecular formula is C29H24FNO4. The second-order valence-corrected chi connectivity index (χ2v) is 8.00. The number of nitrogens with one attached hydrogen (secondary N) is 1. The number of ether oxygens (including phenoxy) is 1. The Morgan fingerprint density at radius 1 is 0.886 bits per heavy atom. The van der Waals surface area contributed by atoms with Crippen molar-refractivity contribution in [1.29, 1.82) is 0 Å². The molecule has 4 rings (SSSR count). The zero-order valence-electron chi connectivity index (χ0n) is 18.9. The van der Waals surface area contributed by atoms with Crippen molar-refractivity contribution < 1.29 is 23.8 Å². The third kappa shape index (κ3) is 6.32. The highest BCUT2D eigenvalue weighted by Crippen LogP contribution is 2.25. The number of hydrogen-bond donors (Lipinski definition) is 2. The zero-order chi connectivity index (χ0) is 24.6. The van der Waals surface area contributed by atoms with Crippen molar-refractivity contribution >= 4 is 28.7 Å². The van der Waals surface area contributed by atoms with Gasteiger partial charge in [-0.05, 0) is 59.3 Å². The van der Waals surface area contributed by atoms with Crippen molar-refractivity contribution in [2.24, 2.45) is 0 Å². The van der Waals surface area contributed by atoms with Crippen LogP contribution in [0, 0.1) is 5.82 Å². The Kier molecular flexibility index (Phi) is 7.53. The number of aromatic carboxylic acids is 1. The quantitative estimate of drug-likeness (QED) is 0.318. The number of hydrogen-bond acceptors (Lipinski definition) is 3. The Bertz CT molecular complexity index is 1360. The van der Waals surface area contributed by atoms with E-state index in [2.05, 4.69) is 5.32 Å². The molecule has 0 aliphatic heterocycles. The second kappa shape index (κ2) is 11.1. The van der Waals surface area contributed by atoms with Crippen molar-refractivity contribution in [3.63, 3.8) is 0 Å². The molecule has 0 aliphatic rings. The maximum atomic E-state index is 13.1. The maximum Gasteiger partial charge on any atom is 0.335 e. The summed E-state index contributed by atoms with van der Waals surface area (Å²) in [5.74, 6) is -0.954. The smallest absolute Gasteiger partial charge is 0.335 e. The van der Waals surface area contributed by atoms with Gasteiger partial charge in [0.2, 0.25) is 0 Å². The minimum absolute atomic E-state index is 0.0249. The van der Waals surface area contributed by atoms with Gasteiger partial charge in [-0.25, -0.2) is 9.18 Å². The molecule has 176 valence electrons. The normalized spacial score (nSPS) is 11.3. The molecule has 5 nitrogen and oxygen atoms in total. The molecule has 1 amide bonds. The lowest BCUT2D eigenvalue weighted by atomic mass is 10.1. The first-order chi connectivity index (χ1) is 17.0. The largest absolute Gasteiger partial charge is 0.488 e. The number of carbonyl (C=O) groups is 2. The van der Waals surface area contributed by atoms with E-state index < -0.39 is 5.97 Å². The van der Waals surface area contributed by atoms with Crippen LogP contribution in [0.25, 0.3) is 16.8 Å². The minimum atomic E-state index is -1.02. The first-order valence-electron chi connectivity index (χ1n) is 11.2. The molecule has 0 saturated carbocycles. The van der Waals surface area contributed by atoms with Crippen molar-refractivity contribution in [3.05, 3.63) is 119 Å². The number of benzene rings is 4. The summed E-state index contributed by atoms with van der Waals surface area (Å²) in [6, 6.07) is 26.0. The summed E-state index contributed by atoms with van der Waals surface area (Å²) < 4.78 is 19.2. The second-order valence-electron chi connectivity index (χ2n) is 8.00. The van der Waals surface area contributed by atoms with Gasteiger partial charge in [-0.2, -0.15) is 0 Å². The standard InChI is InChI=1S/C29H24FNO4/c30-25-14-10-20(11-15-25)16-17-31-28(32)24(18-21-8-12-23(13-9-21)29(33)34)19-35-27-7-3-5-22-4-1-2-6-26(22)27/h1-15,18H,16-17,19H2,(H,31,32)(H,33,34)/b24-18+. The molecule has 0 aromatic heterocycles. The summed E-state index contributed by atoms with van der Waals surface area (Å²) in [7, 11) is 0. The van der Waals surface area contributed by atoms with Crippen LogP contribution in [0.2, 0.25) is 0 Å². The van der Waals surface area contributed by atoms with Crippen LogP contribution in [0.3, 0.4) is 0 Å². The highest BCUT2D eigenvalue weighted by molar-refractivity contribution is 5.98. The number of carbonyl (C=O) groups excluding carboxylic acids is 1. The van der Waals surface area contributed by atoms with Gasteiger partial charge in [-0.1, -0.05) is 60.7 Å². The summed E-state index contributed by atoms with van der Waals surface area (Å²) in [5, 5.41) is 14.0. The van der Waals surface area contributed by atoms with Gasteiger partial charge in [0.05, 0.1) is 11.1 Å². The van der Waals surface area contributed by atoms with Crippen LogP contribution in [-0.2, 0) is 11.2 Å². The lowest BCUT2D eigenvalue weighted by molar-refractivity contribution is -0.117. The van der Waals surface area contributed by atoms with Gasteiger partial charge < -0.3 is 15.2 Å². The van der Waals surface area contributed by atoms with Crippen LogP contribution < -0.4 is 10.1 Å². The zero-order valence-corrected chi connectivity index (χ0v) is 18.9. The fraction of sp³-hybridized carbons (Fsp3) is 0.103. The van der Waals surface area contributed by atoms with Gasteiger partial charge in [-0.15, -0.1) is 0 Å². The van der Waals surface area contributed by atoms with Crippen LogP contribution in [-0.4, -0.2) is 30.1 Å². The van der Waals surface area contributed by atoms with E-state index in [-0.39, 0.29) is 23.9 Å². The molecule has 0 bridgehead atoms. The van der Waals surface area contributed by atoms with E-state index in [1.807, 2.05) is 42.5 Å². The van der Waals surface area contributed by atoms with Crippen LogP contribution in [0.1, 0.15) is 21.5 Å². The minimum Gasteiger partial charge on any atom is -0.488 e. The van der Waals surface area contributed by atoms with Gasteiger partial charge in [-0.3, -0.25) is 4.79 Å². The average molecular weight is 470 g/mol. The van der Waals surface area contributed by atoms with Crippen molar-refractivity contribution in [2.45, 2.75) is 6.42 Å². The molecule has 4 aromatic rings. The van der Waals surface area contributed by atoms with E-state index in [0.29, 0.717) is 29.9 Å². The Morgan fingerprint density at radius 2 is 1.60 bits per heavy atom.